The summed E-state index contributed by atoms with van der Waals surface area (Å²) in [6.45, 7) is 4.72. The first-order valence-corrected chi connectivity index (χ1v) is 8.91. The smallest absolute Gasteiger partial charge is 0.229 e. The zero-order valence-electron chi connectivity index (χ0n) is 15.1. The van der Waals surface area contributed by atoms with Crippen molar-refractivity contribution in [1.82, 2.24) is 19.8 Å². The van der Waals surface area contributed by atoms with Gasteiger partial charge in [0.25, 0.3) is 0 Å². The molecule has 3 rings (SSSR count). The van der Waals surface area contributed by atoms with E-state index in [1.807, 2.05) is 31.2 Å². The number of amides is 1. The lowest BCUT2D eigenvalue weighted by Gasteiger charge is -2.37. The van der Waals surface area contributed by atoms with Gasteiger partial charge in [-0.3, -0.25) is 14.8 Å². The summed E-state index contributed by atoms with van der Waals surface area (Å²) in [4.78, 5) is 26.0. The average Bonchev–Trinajstić information content (AvgIpc) is 2.63. The maximum absolute atomic E-state index is 13.1. The normalized spacial score (nSPS) is 15.9. The second-order valence-electron chi connectivity index (χ2n) is 6.86. The summed E-state index contributed by atoms with van der Waals surface area (Å²) in [5.41, 5.74) is 3.07. The van der Waals surface area contributed by atoms with Gasteiger partial charge in [-0.25, -0.2) is 0 Å². The van der Waals surface area contributed by atoms with Crippen LogP contribution in [0, 0.1) is 6.92 Å². The number of aromatic nitrogens is 2. The van der Waals surface area contributed by atoms with E-state index in [2.05, 4.69) is 26.8 Å². The lowest BCUT2D eigenvalue weighted by atomic mass is 10.0. The lowest BCUT2D eigenvalue weighted by Crippen LogP contribution is -2.46. The molecule has 25 heavy (non-hydrogen) atoms. The van der Waals surface area contributed by atoms with Gasteiger partial charge < -0.3 is 9.80 Å². The molecule has 0 aromatic carbocycles. The first-order chi connectivity index (χ1) is 12.1. The molecule has 1 fully saturated rings. The molecule has 0 atom stereocenters. The molecule has 0 bridgehead atoms. The van der Waals surface area contributed by atoms with Gasteiger partial charge >= 0.3 is 0 Å². The molecular weight excluding hydrogens is 312 g/mol. The molecular formula is C20H26N4O. The van der Waals surface area contributed by atoms with Gasteiger partial charge in [-0.05, 0) is 69.2 Å². The fraction of sp³-hybridized carbons (Fsp3) is 0.450. The van der Waals surface area contributed by atoms with E-state index < -0.39 is 0 Å². The summed E-state index contributed by atoms with van der Waals surface area (Å²) >= 11 is 0. The Morgan fingerprint density at radius 1 is 1.20 bits per heavy atom. The van der Waals surface area contributed by atoms with Crippen LogP contribution < -0.4 is 0 Å². The van der Waals surface area contributed by atoms with Crippen LogP contribution in [0.4, 0.5) is 0 Å². The van der Waals surface area contributed by atoms with Crippen LogP contribution in [-0.2, 0) is 17.8 Å². The zero-order valence-corrected chi connectivity index (χ0v) is 15.1. The Morgan fingerprint density at radius 2 is 1.92 bits per heavy atom. The molecule has 0 unspecified atom stereocenters. The Bertz CT molecular complexity index is 696. The predicted octanol–water partition coefficient (Wildman–Crippen LogP) is 2.45. The minimum Gasteiger partial charge on any atom is -0.335 e. The molecule has 1 aliphatic rings. The summed E-state index contributed by atoms with van der Waals surface area (Å²) in [5.74, 6) is 0.160. The van der Waals surface area contributed by atoms with Crippen molar-refractivity contribution in [1.29, 1.82) is 0 Å². The minimum atomic E-state index is 0.160. The number of piperidine rings is 1. The second kappa shape index (κ2) is 8.21. The van der Waals surface area contributed by atoms with Gasteiger partial charge in [0.1, 0.15) is 0 Å². The SMILES string of the molecule is Cc1cccnc1CC(=O)N(Cc1ccncc1)C1CCN(C)CC1. The highest BCUT2D eigenvalue weighted by Gasteiger charge is 2.27. The monoisotopic (exact) mass is 338 g/mol. The number of rotatable bonds is 5. The van der Waals surface area contributed by atoms with E-state index in [1.54, 1.807) is 18.6 Å². The third-order valence-electron chi connectivity index (χ3n) is 4.99. The first-order valence-electron chi connectivity index (χ1n) is 8.91. The van der Waals surface area contributed by atoms with Gasteiger partial charge in [0.2, 0.25) is 5.91 Å². The van der Waals surface area contributed by atoms with Gasteiger partial charge in [0, 0.05) is 31.2 Å². The number of hydrogen-bond donors (Lipinski definition) is 0. The van der Waals surface area contributed by atoms with Crippen molar-refractivity contribution in [2.24, 2.45) is 0 Å². The van der Waals surface area contributed by atoms with E-state index in [1.165, 1.54) is 0 Å². The molecule has 1 aliphatic heterocycles. The molecule has 2 aromatic rings. The standard InChI is InChI=1S/C20H26N4O/c1-16-4-3-9-22-19(16)14-20(25)24(15-17-5-10-21-11-6-17)18-7-12-23(2)13-8-18/h3-6,9-11,18H,7-8,12-15H2,1-2H3. The van der Waals surface area contributed by atoms with Crippen LogP contribution in [0.15, 0.2) is 42.9 Å². The van der Waals surface area contributed by atoms with Crippen LogP contribution in [0.5, 0.6) is 0 Å². The van der Waals surface area contributed by atoms with E-state index in [0.29, 0.717) is 19.0 Å². The largest absolute Gasteiger partial charge is 0.335 e. The first kappa shape index (κ1) is 17.5. The van der Waals surface area contributed by atoms with E-state index in [9.17, 15) is 4.79 Å². The van der Waals surface area contributed by atoms with Gasteiger partial charge in [-0.1, -0.05) is 6.07 Å². The topological polar surface area (TPSA) is 49.3 Å². The van der Waals surface area contributed by atoms with Gasteiger partial charge in [-0.2, -0.15) is 0 Å². The fourth-order valence-corrected chi connectivity index (χ4v) is 3.36. The summed E-state index contributed by atoms with van der Waals surface area (Å²) in [6, 6.07) is 8.19. The number of nitrogens with zero attached hydrogens (tertiary/aromatic N) is 4. The summed E-state index contributed by atoms with van der Waals surface area (Å²) < 4.78 is 0. The van der Waals surface area contributed by atoms with Crippen molar-refractivity contribution in [3.63, 3.8) is 0 Å². The van der Waals surface area contributed by atoms with Gasteiger partial charge in [-0.15, -0.1) is 0 Å². The van der Waals surface area contributed by atoms with Crippen LogP contribution in [0.25, 0.3) is 0 Å². The second-order valence-corrected chi connectivity index (χ2v) is 6.86. The Kier molecular flexibility index (Phi) is 5.76. The van der Waals surface area contributed by atoms with E-state index >= 15 is 0 Å². The van der Waals surface area contributed by atoms with E-state index in [4.69, 9.17) is 0 Å². The lowest BCUT2D eigenvalue weighted by molar-refractivity contribution is -0.134. The van der Waals surface area contributed by atoms with Crippen molar-refractivity contribution >= 4 is 5.91 Å². The third-order valence-corrected chi connectivity index (χ3v) is 4.99. The Hall–Kier alpha value is -2.27. The highest BCUT2D eigenvalue weighted by atomic mass is 16.2. The van der Waals surface area contributed by atoms with Crippen molar-refractivity contribution in [2.45, 2.75) is 38.8 Å². The number of hydrogen-bond acceptors (Lipinski definition) is 4. The molecule has 0 N–H and O–H groups in total. The fourth-order valence-electron chi connectivity index (χ4n) is 3.36. The quantitative estimate of drug-likeness (QED) is 0.840. The maximum atomic E-state index is 13.1. The van der Waals surface area contributed by atoms with E-state index in [-0.39, 0.29) is 5.91 Å². The molecule has 3 heterocycles. The third kappa shape index (κ3) is 4.63. The molecule has 5 heteroatoms. The number of carbonyl (C=O) groups is 1. The van der Waals surface area contributed by atoms with Crippen molar-refractivity contribution in [3.8, 4) is 0 Å². The molecule has 0 radical (unpaired) electrons. The molecule has 0 spiro atoms. The Labute approximate surface area is 149 Å². The van der Waals surface area contributed by atoms with Crippen molar-refractivity contribution in [2.75, 3.05) is 20.1 Å². The van der Waals surface area contributed by atoms with Crippen LogP contribution in [0.3, 0.4) is 0 Å². The zero-order chi connectivity index (χ0) is 17.6. The number of carbonyl (C=O) groups excluding carboxylic acids is 1. The van der Waals surface area contributed by atoms with Crippen LogP contribution in [0.2, 0.25) is 0 Å². The number of aryl methyl sites for hydroxylation is 1. The van der Waals surface area contributed by atoms with Crippen molar-refractivity contribution in [3.05, 3.63) is 59.7 Å². The van der Waals surface area contributed by atoms with Gasteiger partial charge in [0.05, 0.1) is 12.1 Å². The molecule has 2 aromatic heterocycles. The van der Waals surface area contributed by atoms with Crippen LogP contribution >= 0.6 is 0 Å². The maximum Gasteiger partial charge on any atom is 0.229 e. The van der Waals surface area contributed by atoms with E-state index in [0.717, 1.165) is 42.8 Å². The molecule has 0 saturated carbocycles. The molecule has 1 saturated heterocycles. The highest BCUT2D eigenvalue weighted by Crippen LogP contribution is 2.20. The molecule has 132 valence electrons. The average molecular weight is 338 g/mol. The summed E-state index contributed by atoms with van der Waals surface area (Å²) in [5, 5.41) is 0. The predicted molar refractivity (Wildman–Crippen MR) is 98.0 cm³/mol. The molecule has 0 aliphatic carbocycles. The van der Waals surface area contributed by atoms with Crippen molar-refractivity contribution < 1.29 is 4.79 Å². The van der Waals surface area contributed by atoms with Crippen LogP contribution in [0.1, 0.15) is 29.7 Å². The Balaban J connectivity index is 1.77. The number of likely N-dealkylation sites (tertiary alicyclic amines) is 1. The van der Waals surface area contributed by atoms with Gasteiger partial charge in [0.15, 0.2) is 0 Å². The molecule has 1 amide bonds. The Morgan fingerprint density at radius 3 is 2.60 bits per heavy atom. The van der Waals surface area contributed by atoms with Crippen LogP contribution in [-0.4, -0.2) is 51.9 Å². The summed E-state index contributed by atoms with van der Waals surface area (Å²) in [7, 11) is 2.14. The number of pyridine rings is 2. The molecule has 5 nitrogen and oxygen atoms in total. The highest BCUT2D eigenvalue weighted by molar-refractivity contribution is 5.79. The summed E-state index contributed by atoms with van der Waals surface area (Å²) in [6.07, 6.45) is 7.75. The minimum absolute atomic E-state index is 0.160.